The van der Waals surface area contributed by atoms with Gasteiger partial charge >= 0.3 is 5.97 Å². The fourth-order valence-corrected chi connectivity index (χ4v) is 2.42. The number of halogens is 1. The molecule has 0 radical (unpaired) electrons. The highest BCUT2D eigenvalue weighted by Crippen LogP contribution is 2.30. The van der Waals surface area contributed by atoms with E-state index in [0.717, 1.165) is 27.8 Å². The lowest BCUT2D eigenvalue weighted by Crippen LogP contribution is -1.97. The standard InChI is InChI=1S/C12H15BrO3/c1-8-6-9(4-3-5-11(14)15)7-10(13)12(8)16-2/h6-7H,3-5H2,1-2H3,(H,14,15). The molecule has 0 atom stereocenters. The van der Waals surface area contributed by atoms with E-state index in [1.807, 2.05) is 19.1 Å². The molecule has 0 saturated heterocycles. The van der Waals surface area contributed by atoms with Gasteiger partial charge in [-0.1, -0.05) is 6.07 Å². The van der Waals surface area contributed by atoms with Gasteiger partial charge in [0.2, 0.25) is 0 Å². The van der Waals surface area contributed by atoms with Gasteiger partial charge in [0.1, 0.15) is 5.75 Å². The van der Waals surface area contributed by atoms with Crippen LogP contribution in [0.4, 0.5) is 0 Å². The molecule has 0 spiro atoms. The molecule has 16 heavy (non-hydrogen) atoms. The van der Waals surface area contributed by atoms with E-state index in [1.165, 1.54) is 0 Å². The van der Waals surface area contributed by atoms with Crippen molar-refractivity contribution in [3.05, 3.63) is 27.7 Å². The summed E-state index contributed by atoms with van der Waals surface area (Å²) >= 11 is 3.44. The molecule has 0 aromatic heterocycles. The lowest BCUT2D eigenvalue weighted by molar-refractivity contribution is -0.137. The third-order valence-corrected chi connectivity index (χ3v) is 2.94. The third kappa shape index (κ3) is 3.52. The maximum absolute atomic E-state index is 10.4. The van der Waals surface area contributed by atoms with Crippen LogP contribution in [0.15, 0.2) is 16.6 Å². The van der Waals surface area contributed by atoms with Gasteiger partial charge in [-0.2, -0.15) is 0 Å². The van der Waals surface area contributed by atoms with Gasteiger partial charge < -0.3 is 9.84 Å². The second kappa shape index (κ2) is 5.89. The number of ether oxygens (including phenoxy) is 1. The highest BCUT2D eigenvalue weighted by Gasteiger charge is 2.06. The van der Waals surface area contributed by atoms with E-state index in [2.05, 4.69) is 15.9 Å². The summed E-state index contributed by atoms with van der Waals surface area (Å²) in [4.78, 5) is 10.4. The molecule has 1 rings (SSSR count). The van der Waals surface area contributed by atoms with Gasteiger partial charge in [-0.15, -0.1) is 0 Å². The highest BCUT2D eigenvalue weighted by molar-refractivity contribution is 9.10. The molecule has 0 aliphatic rings. The number of aliphatic carboxylic acids is 1. The normalized spacial score (nSPS) is 10.2. The predicted molar refractivity (Wildman–Crippen MR) is 66.0 cm³/mol. The average Bonchev–Trinajstić information content (AvgIpc) is 2.16. The summed E-state index contributed by atoms with van der Waals surface area (Å²) in [5, 5.41) is 8.55. The first-order chi connectivity index (χ1) is 7.54. The van der Waals surface area contributed by atoms with Gasteiger partial charge in [-0.3, -0.25) is 4.79 Å². The maximum Gasteiger partial charge on any atom is 0.303 e. The molecule has 0 aliphatic heterocycles. The van der Waals surface area contributed by atoms with Crippen molar-refractivity contribution in [3.63, 3.8) is 0 Å². The van der Waals surface area contributed by atoms with Crippen molar-refractivity contribution in [2.45, 2.75) is 26.2 Å². The van der Waals surface area contributed by atoms with Crippen LogP contribution >= 0.6 is 15.9 Å². The number of hydrogen-bond acceptors (Lipinski definition) is 2. The number of carboxylic acid groups (broad SMARTS) is 1. The molecule has 3 nitrogen and oxygen atoms in total. The monoisotopic (exact) mass is 286 g/mol. The molecular formula is C12H15BrO3. The fourth-order valence-electron chi connectivity index (χ4n) is 1.65. The van der Waals surface area contributed by atoms with E-state index in [4.69, 9.17) is 9.84 Å². The number of carboxylic acids is 1. The molecule has 1 aromatic carbocycles. The van der Waals surface area contributed by atoms with Crippen molar-refractivity contribution >= 4 is 21.9 Å². The molecule has 0 unspecified atom stereocenters. The van der Waals surface area contributed by atoms with Gasteiger partial charge in [-0.05, 0) is 52.9 Å². The Balaban J connectivity index is 2.72. The SMILES string of the molecule is COc1c(C)cc(CCCC(=O)O)cc1Br. The Labute approximate surface area is 104 Å². The number of hydrogen-bond donors (Lipinski definition) is 1. The van der Waals surface area contributed by atoms with Crippen molar-refractivity contribution < 1.29 is 14.6 Å². The number of carbonyl (C=O) groups is 1. The Kier molecular flexibility index (Phi) is 4.80. The van der Waals surface area contributed by atoms with Crippen LogP contribution in [0.1, 0.15) is 24.0 Å². The van der Waals surface area contributed by atoms with Crippen molar-refractivity contribution in [1.82, 2.24) is 0 Å². The van der Waals surface area contributed by atoms with Gasteiger partial charge in [-0.25, -0.2) is 0 Å². The minimum atomic E-state index is -0.746. The highest BCUT2D eigenvalue weighted by atomic mass is 79.9. The Hall–Kier alpha value is -1.03. The lowest BCUT2D eigenvalue weighted by atomic mass is 10.1. The maximum atomic E-state index is 10.4. The van der Waals surface area contributed by atoms with Crippen molar-refractivity contribution in [3.8, 4) is 5.75 Å². The van der Waals surface area contributed by atoms with Crippen LogP contribution in [-0.4, -0.2) is 18.2 Å². The van der Waals surface area contributed by atoms with Crippen LogP contribution in [0, 0.1) is 6.92 Å². The minimum absolute atomic E-state index is 0.211. The summed E-state index contributed by atoms with van der Waals surface area (Å²) in [6.45, 7) is 1.98. The second-order valence-corrected chi connectivity index (χ2v) is 4.53. The van der Waals surface area contributed by atoms with Crippen molar-refractivity contribution in [1.29, 1.82) is 0 Å². The largest absolute Gasteiger partial charge is 0.495 e. The van der Waals surface area contributed by atoms with Gasteiger partial charge in [0.15, 0.2) is 0 Å². The second-order valence-electron chi connectivity index (χ2n) is 3.68. The number of methoxy groups -OCH3 is 1. The number of rotatable bonds is 5. The molecule has 0 bridgehead atoms. The summed E-state index contributed by atoms with van der Waals surface area (Å²) in [5.41, 5.74) is 2.19. The Morgan fingerprint density at radius 1 is 1.50 bits per heavy atom. The summed E-state index contributed by atoms with van der Waals surface area (Å²) in [6.07, 6.45) is 1.64. The Morgan fingerprint density at radius 2 is 2.19 bits per heavy atom. The molecule has 0 heterocycles. The van der Waals surface area contributed by atoms with Crippen LogP contribution in [0.3, 0.4) is 0 Å². The zero-order valence-corrected chi connectivity index (χ0v) is 11.0. The number of benzene rings is 1. The van der Waals surface area contributed by atoms with Crippen LogP contribution in [0.25, 0.3) is 0 Å². The van der Waals surface area contributed by atoms with E-state index in [-0.39, 0.29) is 6.42 Å². The van der Waals surface area contributed by atoms with E-state index >= 15 is 0 Å². The molecule has 1 N–H and O–H groups in total. The smallest absolute Gasteiger partial charge is 0.303 e. The molecule has 4 heteroatoms. The quantitative estimate of drug-likeness (QED) is 0.904. The van der Waals surface area contributed by atoms with Crippen LogP contribution in [0.2, 0.25) is 0 Å². The van der Waals surface area contributed by atoms with E-state index < -0.39 is 5.97 Å². The first-order valence-electron chi connectivity index (χ1n) is 5.09. The van der Waals surface area contributed by atoms with E-state index in [9.17, 15) is 4.79 Å². The first kappa shape index (κ1) is 13.0. The van der Waals surface area contributed by atoms with Crippen LogP contribution < -0.4 is 4.74 Å². The lowest BCUT2D eigenvalue weighted by Gasteiger charge is -2.09. The van der Waals surface area contributed by atoms with E-state index in [1.54, 1.807) is 7.11 Å². The molecule has 0 fully saturated rings. The fraction of sp³-hybridized carbons (Fsp3) is 0.417. The van der Waals surface area contributed by atoms with Gasteiger partial charge in [0.05, 0.1) is 11.6 Å². The summed E-state index contributed by atoms with van der Waals surface area (Å²) in [6, 6.07) is 4.01. The van der Waals surface area contributed by atoms with Gasteiger partial charge in [0.25, 0.3) is 0 Å². The minimum Gasteiger partial charge on any atom is -0.495 e. The molecule has 0 amide bonds. The summed E-state index contributed by atoms with van der Waals surface area (Å²) < 4.78 is 6.15. The topological polar surface area (TPSA) is 46.5 Å². The summed E-state index contributed by atoms with van der Waals surface area (Å²) in [7, 11) is 1.64. The van der Waals surface area contributed by atoms with Crippen LogP contribution in [0.5, 0.6) is 5.75 Å². The Bertz CT molecular complexity index is 365. The zero-order chi connectivity index (χ0) is 12.1. The van der Waals surface area contributed by atoms with Gasteiger partial charge in [0, 0.05) is 6.42 Å². The summed E-state index contributed by atoms with van der Waals surface area (Å²) in [5.74, 6) is 0.0892. The first-order valence-corrected chi connectivity index (χ1v) is 5.88. The molecule has 1 aromatic rings. The molecule has 88 valence electrons. The van der Waals surface area contributed by atoms with Crippen molar-refractivity contribution in [2.24, 2.45) is 0 Å². The molecular weight excluding hydrogens is 272 g/mol. The molecule has 0 saturated carbocycles. The molecule has 0 aliphatic carbocycles. The number of aryl methyl sites for hydroxylation is 2. The Morgan fingerprint density at radius 3 is 2.69 bits per heavy atom. The predicted octanol–water partition coefficient (Wildman–Crippen LogP) is 3.17. The zero-order valence-electron chi connectivity index (χ0n) is 9.42. The van der Waals surface area contributed by atoms with E-state index in [0.29, 0.717) is 6.42 Å². The third-order valence-electron chi connectivity index (χ3n) is 2.35. The van der Waals surface area contributed by atoms with Crippen LogP contribution in [-0.2, 0) is 11.2 Å². The average molecular weight is 287 g/mol. The van der Waals surface area contributed by atoms with Crippen molar-refractivity contribution in [2.75, 3.05) is 7.11 Å².